The minimum absolute atomic E-state index is 0.0739. The van der Waals surface area contributed by atoms with E-state index in [2.05, 4.69) is 22.5 Å². The number of aryl methyl sites for hydroxylation is 1. The van der Waals surface area contributed by atoms with Gasteiger partial charge in [0.15, 0.2) is 0 Å². The van der Waals surface area contributed by atoms with Gasteiger partial charge in [0.05, 0.1) is 23.3 Å². The number of benzene rings is 2. The first kappa shape index (κ1) is 21.3. The Morgan fingerprint density at radius 1 is 1.06 bits per heavy atom. The second kappa shape index (κ2) is 9.92. The second-order valence-corrected chi connectivity index (χ2v) is 7.47. The van der Waals surface area contributed by atoms with E-state index < -0.39 is 0 Å². The molecule has 2 heterocycles. The molecule has 0 bridgehead atoms. The summed E-state index contributed by atoms with van der Waals surface area (Å²) < 4.78 is 7.90. The van der Waals surface area contributed by atoms with E-state index >= 15 is 0 Å². The number of aromatic nitrogens is 3. The molecule has 0 atom stereocenters. The van der Waals surface area contributed by atoms with E-state index in [4.69, 9.17) is 9.72 Å². The Morgan fingerprint density at radius 3 is 2.59 bits per heavy atom. The fourth-order valence-corrected chi connectivity index (χ4v) is 3.50. The normalized spacial score (nSPS) is 11.2. The van der Waals surface area contributed by atoms with E-state index in [1.807, 2.05) is 66.7 Å². The highest BCUT2D eigenvalue weighted by molar-refractivity contribution is 5.91. The number of imidazole rings is 1. The highest BCUT2D eigenvalue weighted by Crippen LogP contribution is 2.18. The van der Waals surface area contributed by atoms with Crippen LogP contribution in [0.4, 0.5) is 0 Å². The zero-order valence-electron chi connectivity index (χ0n) is 18.3. The summed E-state index contributed by atoms with van der Waals surface area (Å²) in [5.74, 6) is 1.57. The maximum atomic E-state index is 12.6. The number of fused-ring (bicyclic) bond motifs is 1. The lowest BCUT2D eigenvalue weighted by atomic mass is 10.2. The summed E-state index contributed by atoms with van der Waals surface area (Å²) in [7, 11) is 1.79. The molecular weight excluding hydrogens is 400 g/mol. The smallest absolute Gasteiger partial charge is 0.246 e. The van der Waals surface area contributed by atoms with Crippen LogP contribution >= 0.6 is 0 Å². The average molecular weight is 427 g/mol. The van der Waals surface area contributed by atoms with Crippen LogP contribution in [-0.2, 0) is 24.5 Å². The molecule has 0 aliphatic rings. The molecule has 0 unspecified atom stereocenters. The van der Waals surface area contributed by atoms with Gasteiger partial charge in [0.2, 0.25) is 5.91 Å². The van der Waals surface area contributed by atoms with Crippen LogP contribution in [0.3, 0.4) is 0 Å². The number of para-hydroxylation sites is 2. The molecule has 0 aliphatic heterocycles. The minimum Gasteiger partial charge on any atom is -0.487 e. The quantitative estimate of drug-likeness (QED) is 0.383. The molecule has 0 N–H and O–H groups in total. The molecular formula is C26H26N4O2. The van der Waals surface area contributed by atoms with Gasteiger partial charge in [0.25, 0.3) is 0 Å². The van der Waals surface area contributed by atoms with Gasteiger partial charge in [0.1, 0.15) is 18.2 Å². The van der Waals surface area contributed by atoms with Crippen molar-refractivity contribution < 1.29 is 9.53 Å². The molecule has 0 saturated carbocycles. The number of carbonyl (C=O) groups is 1. The van der Waals surface area contributed by atoms with Crippen molar-refractivity contribution in [3.63, 3.8) is 0 Å². The van der Waals surface area contributed by atoms with E-state index in [1.54, 1.807) is 24.2 Å². The minimum atomic E-state index is -0.0739. The van der Waals surface area contributed by atoms with Crippen LogP contribution < -0.4 is 4.74 Å². The number of nitrogens with zero attached hydrogens (tertiary/aromatic N) is 4. The molecule has 162 valence electrons. The van der Waals surface area contributed by atoms with Crippen LogP contribution in [-0.4, -0.2) is 32.4 Å². The van der Waals surface area contributed by atoms with E-state index in [0.29, 0.717) is 13.2 Å². The summed E-state index contributed by atoms with van der Waals surface area (Å²) in [4.78, 5) is 23.3. The van der Waals surface area contributed by atoms with Gasteiger partial charge < -0.3 is 14.2 Å². The predicted octanol–water partition coefficient (Wildman–Crippen LogP) is 4.70. The van der Waals surface area contributed by atoms with Crippen molar-refractivity contribution in [3.8, 4) is 5.75 Å². The number of likely N-dealkylation sites (N-methyl/N-ethyl adjacent to an activating group) is 1. The standard InChI is InChI=1S/C26H26N4O2/c1-3-30-24-10-5-4-9-23(24)28-25(30)18-29(2)26(31)16-13-20-11-14-22(15-12-20)32-19-21-8-6-7-17-27-21/h4-17H,3,18-19H2,1-2H3/b16-13+. The maximum absolute atomic E-state index is 12.6. The van der Waals surface area contributed by atoms with Crippen LogP contribution in [0.5, 0.6) is 5.75 Å². The van der Waals surface area contributed by atoms with Crippen molar-refractivity contribution >= 4 is 23.0 Å². The van der Waals surface area contributed by atoms with Crippen LogP contribution in [0.2, 0.25) is 0 Å². The van der Waals surface area contributed by atoms with E-state index in [0.717, 1.165) is 40.4 Å². The molecule has 2 aromatic heterocycles. The number of ether oxygens (including phenoxy) is 1. The van der Waals surface area contributed by atoms with E-state index in [1.165, 1.54) is 0 Å². The molecule has 6 heteroatoms. The third kappa shape index (κ3) is 5.03. The highest BCUT2D eigenvalue weighted by Gasteiger charge is 2.13. The number of pyridine rings is 1. The first-order valence-corrected chi connectivity index (χ1v) is 10.6. The van der Waals surface area contributed by atoms with Crippen molar-refractivity contribution in [1.29, 1.82) is 0 Å². The van der Waals surface area contributed by atoms with Crippen LogP contribution in [0.15, 0.2) is 79.0 Å². The lowest BCUT2D eigenvalue weighted by Crippen LogP contribution is -2.26. The Hall–Kier alpha value is -3.93. The number of hydrogen-bond acceptors (Lipinski definition) is 4. The fourth-order valence-electron chi connectivity index (χ4n) is 3.50. The van der Waals surface area contributed by atoms with Crippen molar-refractivity contribution in [2.75, 3.05) is 7.05 Å². The predicted molar refractivity (Wildman–Crippen MR) is 126 cm³/mol. The summed E-state index contributed by atoms with van der Waals surface area (Å²) in [6, 6.07) is 21.4. The van der Waals surface area contributed by atoms with Crippen molar-refractivity contribution in [3.05, 3.63) is 96.1 Å². The lowest BCUT2D eigenvalue weighted by molar-refractivity contribution is -0.125. The van der Waals surface area contributed by atoms with E-state index in [9.17, 15) is 4.79 Å². The highest BCUT2D eigenvalue weighted by atomic mass is 16.5. The Bertz CT molecular complexity index is 1210. The van der Waals surface area contributed by atoms with Gasteiger partial charge in [-0.15, -0.1) is 0 Å². The monoisotopic (exact) mass is 426 g/mol. The zero-order valence-corrected chi connectivity index (χ0v) is 18.3. The lowest BCUT2D eigenvalue weighted by Gasteiger charge is -2.15. The number of amides is 1. The third-order valence-corrected chi connectivity index (χ3v) is 5.22. The van der Waals surface area contributed by atoms with Gasteiger partial charge in [-0.25, -0.2) is 4.98 Å². The largest absolute Gasteiger partial charge is 0.487 e. The average Bonchev–Trinajstić information content (AvgIpc) is 3.19. The summed E-state index contributed by atoms with van der Waals surface area (Å²) in [6.07, 6.45) is 5.14. The molecule has 0 fully saturated rings. The van der Waals surface area contributed by atoms with Crippen LogP contribution in [0.25, 0.3) is 17.1 Å². The zero-order chi connectivity index (χ0) is 22.3. The molecule has 4 aromatic rings. The molecule has 0 spiro atoms. The summed E-state index contributed by atoms with van der Waals surface area (Å²) in [6.45, 7) is 3.76. The van der Waals surface area contributed by atoms with Crippen molar-refractivity contribution in [1.82, 2.24) is 19.4 Å². The molecule has 4 rings (SSSR count). The third-order valence-electron chi connectivity index (χ3n) is 5.22. The van der Waals surface area contributed by atoms with Crippen molar-refractivity contribution in [2.45, 2.75) is 26.6 Å². The molecule has 6 nitrogen and oxygen atoms in total. The van der Waals surface area contributed by atoms with E-state index in [-0.39, 0.29) is 5.91 Å². The van der Waals surface area contributed by atoms with Gasteiger partial charge in [-0.1, -0.05) is 30.3 Å². The first-order chi connectivity index (χ1) is 15.6. The molecule has 0 saturated heterocycles. The van der Waals surface area contributed by atoms with Crippen molar-refractivity contribution in [2.24, 2.45) is 0 Å². The number of carbonyl (C=O) groups excluding carboxylic acids is 1. The Labute approximate surface area is 187 Å². The summed E-state index contributed by atoms with van der Waals surface area (Å²) in [5.41, 5.74) is 3.84. The Morgan fingerprint density at radius 2 is 1.84 bits per heavy atom. The SMILES string of the molecule is CCn1c(CN(C)C(=O)/C=C/c2ccc(OCc3ccccn3)cc2)nc2ccccc21. The Balaban J connectivity index is 1.35. The number of rotatable bonds is 8. The Kier molecular flexibility index (Phi) is 6.60. The molecule has 2 aromatic carbocycles. The molecule has 0 aliphatic carbocycles. The second-order valence-electron chi connectivity index (χ2n) is 7.47. The molecule has 1 amide bonds. The van der Waals surface area contributed by atoms with Gasteiger partial charge in [-0.2, -0.15) is 0 Å². The molecule has 0 radical (unpaired) electrons. The van der Waals surface area contributed by atoms with Gasteiger partial charge in [-0.05, 0) is 55.0 Å². The first-order valence-electron chi connectivity index (χ1n) is 10.6. The van der Waals surface area contributed by atoms with Gasteiger partial charge in [0, 0.05) is 25.9 Å². The van der Waals surface area contributed by atoms with Gasteiger partial charge in [-0.3, -0.25) is 9.78 Å². The van der Waals surface area contributed by atoms with Crippen LogP contribution in [0, 0.1) is 0 Å². The molecule has 32 heavy (non-hydrogen) atoms. The van der Waals surface area contributed by atoms with Crippen LogP contribution in [0.1, 0.15) is 24.0 Å². The fraction of sp³-hybridized carbons (Fsp3) is 0.192. The number of hydrogen-bond donors (Lipinski definition) is 0. The summed E-state index contributed by atoms with van der Waals surface area (Å²) in [5, 5.41) is 0. The summed E-state index contributed by atoms with van der Waals surface area (Å²) >= 11 is 0. The topological polar surface area (TPSA) is 60.2 Å². The maximum Gasteiger partial charge on any atom is 0.246 e. The van der Waals surface area contributed by atoms with Gasteiger partial charge >= 0.3 is 0 Å².